The summed E-state index contributed by atoms with van der Waals surface area (Å²) in [6.45, 7) is 5.86. The van der Waals surface area contributed by atoms with E-state index in [2.05, 4.69) is 31.2 Å². The van der Waals surface area contributed by atoms with Crippen LogP contribution in [0.2, 0.25) is 0 Å². The molecule has 1 aliphatic heterocycles. The molecule has 1 heterocycles. The molecule has 0 amide bonds. The first-order valence-electron chi connectivity index (χ1n) is 16.2. The van der Waals surface area contributed by atoms with Crippen LogP contribution in [0.4, 0.5) is 0 Å². The van der Waals surface area contributed by atoms with Gasteiger partial charge in [-0.2, -0.15) is 0 Å². The molecule has 3 N–H and O–H groups in total. The third kappa shape index (κ3) is 11.7. The molecule has 1 aromatic carbocycles. The van der Waals surface area contributed by atoms with E-state index in [1.54, 1.807) is 6.08 Å². The average molecular weight is 621 g/mol. The summed E-state index contributed by atoms with van der Waals surface area (Å²) >= 11 is 0. The quantitative estimate of drug-likeness (QED) is 0.0643. The summed E-state index contributed by atoms with van der Waals surface area (Å²) in [6, 6.07) is 3.93. The van der Waals surface area contributed by atoms with Gasteiger partial charge in [0.15, 0.2) is 28.8 Å². The van der Waals surface area contributed by atoms with Crippen LogP contribution in [0.3, 0.4) is 0 Å². The van der Waals surface area contributed by atoms with Gasteiger partial charge < -0.3 is 29.5 Å². The normalized spacial score (nSPS) is 15.3. The van der Waals surface area contributed by atoms with Gasteiger partial charge in [0.25, 0.3) is 0 Å². The van der Waals surface area contributed by atoms with Crippen LogP contribution in [0.25, 0.3) is 5.76 Å². The number of ketones is 1. The highest BCUT2D eigenvalue weighted by molar-refractivity contribution is 6.06. The fraction of sp³-hybridized carbons (Fsp3) is 0.459. The molecule has 2 aliphatic rings. The van der Waals surface area contributed by atoms with E-state index in [1.165, 1.54) is 43.5 Å². The SMILES string of the molecule is CCCCC/C=C\C/C=C\CCCCCCCC(=O)OC1=C(c2ccc(O)c(O)c2)OC2=CC(OC(C)C)=CC(=O)C(=C1O)C2. The maximum Gasteiger partial charge on any atom is 0.311 e. The molecule has 0 radical (unpaired) electrons. The van der Waals surface area contributed by atoms with Crippen molar-refractivity contribution in [3.05, 3.63) is 88.8 Å². The Labute approximate surface area is 267 Å². The summed E-state index contributed by atoms with van der Waals surface area (Å²) in [6.07, 6.45) is 23.2. The summed E-state index contributed by atoms with van der Waals surface area (Å²) in [4.78, 5) is 26.0. The number of phenolic OH excluding ortho intramolecular Hbond substituents is 2. The molecule has 0 aromatic heterocycles. The molecule has 2 bridgehead atoms. The van der Waals surface area contributed by atoms with Crippen LogP contribution in [0, 0.1) is 0 Å². The van der Waals surface area contributed by atoms with Crippen LogP contribution in [0.15, 0.2) is 83.3 Å². The lowest BCUT2D eigenvalue weighted by molar-refractivity contribution is -0.139. The Hall–Kier alpha value is -4.20. The fourth-order valence-corrected chi connectivity index (χ4v) is 4.95. The van der Waals surface area contributed by atoms with E-state index in [-0.39, 0.29) is 58.9 Å². The first kappa shape index (κ1) is 35.3. The van der Waals surface area contributed by atoms with Gasteiger partial charge in [0.05, 0.1) is 11.7 Å². The highest BCUT2D eigenvalue weighted by atomic mass is 16.6. The van der Waals surface area contributed by atoms with Crippen molar-refractivity contribution >= 4 is 17.5 Å². The molecule has 0 unspecified atom stereocenters. The van der Waals surface area contributed by atoms with E-state index in [0.717, 1.165) is 44.9 Å². The van der Waals surface area contributed by atoms with Crippen LogP contribution in [-0.4, -0.2) is 33.2 Å². The molecular weight excluding hydrogens is 572 g/mol. The molecule has 0 atom stereocenters. The Morgan fingerprint density at radius 3 is 2.29 bits per heavy atom. The number of fused-ring (bicyclic) bond motifs is 2. The number of ether oxygens (including phenoxy) is 3. The summed E-state index contributed by atoms with van der Waals surface area (Å²) in [7, 11) is 0. The maximum atomic E-state index is 13.1. The van der Waals surface area contributed by atoms with Crippen LogP contribution in [-0.2, 0) is 23.8 Å². The molecule has 8 heteroatoms. The number of aliphatic hydroxyl groups excluding tert-OH is 1. The first-order valence-corrected chi connectivity index (χ1v) is 16.2. The minimum atomic E-state index is -0.581. The molecule has 0 fully saturated rings. The minimum Gasteiger partial charge on any atom is -0.504 e. The number of carbonyl (C=O) groups excluding carboxylic acids is 2. The third-order valence-corrected chi connectivity index (χ3v) is 7.32. The predicted octanol–water partition coefficient (Wildman–Crippen LogP) is 9.13. The number of hydrogen-bond donors (Lipinski definition) is 3. The lowest BCUT2D eigenvalue weighted by atomic mass is 10.0. The number of hydrogen-bond acceptors (Lipinski definition) is 8. The molecule has 0 saturated carbocycles. The van der Waals surface area contributed by atoms with Crippen molar-refractivity contribution in [2.24, 2.45) is 0 Å². The number of phenols is 2. The van der Waals surface area contributed by atoms with Crippen LogP contribution in [0.5, 0.6) is 11.5 Å². The molecule has 0 spiro atoms. The van der Waals surface area contributed by atoms with Gasteiger partial charge in [-0.1, -0.05) is 63.3 Å². The number of aromatic hydroxyl groups is 2. The van der Waals surface area contributed by atoms with E-state index >= 15 is 0 Å². The fourth-order valence-electron chi connectivity index (χ4n) is 4.95. The highest BCUT2D eigenvalue weighted by Gasteiger charge is 2.32. The third-order valence-electron chi connectivity index (χ3n) is 7.32. The van der Waals surface area contributed by atoms with Crippen LogP contribution in [0.1, 0.15) is 110 Å². The van der Waals surface area contributed by atoms with Crippen molar-refractivity contribution in [1.82, 2.24) is 0 Å². The Kier molecular flexibility index (Phi) is 14.6. The van der Waals surface area contributed by atoms with Gasteiger partial charge in [0, 0.05) is 30.6 Å². The molecule has 1 aromatic rings. The molecule has 3 rings (SSSR count). The van der Waals surface area contributed by atoms with E-state index in [0.29, 0.717) is 6.42 Å². The summed E-state index contributed by atoms with van der Waals surface area (Å²) < 4.78 is 17.5. The van der Waals surface area contributed by atoms with Crippen molar-refractivity contribution in [3.8, 4) is 11.5 Å². The van der Waals surface area contributed by atoms with E-state index in [1.807, 2.05) is 13.8 Å². The van der Waals surface area contributed by atoms with E-state index in [9.17, 15) is 24.9 Å². The zero-order chi connectivity index (χ0) is 32.6. The second-order valence-corrected chi connectivity index (χ2v) is 11.6. The van der Waals surface area contributed by atoms with E-state index in [4.69, 9.17) is 14.2 Å². The minimum absolute atomic E-state index is 0.0125. The Morgan fingerprint density at radius 1 is 0.911 bits per heavy atom. The number of carbonyl (C=O) groups is 2. The summed E-state index contributed by atoms with van der Waals surface area (Å²) in [5.74, 6) is -2.24. The Bertz CT molecular complexity index is 1360. The molecule has 45 heavy (non-hydrogen) atoms. The van der Waals surface area contributed by atoms with Gasteiger partial charge in [-0.15, -0.1) is 0 Å². The number of allylic oxidation sites excluding steroid dienone is 7. The largest absolute Gasteiger partial charge is 0.504 e. The van der Waals surface area contributed by atoms with Gasteiger partial charge in [0.1, 0.15) is 11.5 Å². The lowest BCUT2D eigenvalue weighted by Gasteiger charge is -2.16. The number of benzene rings is 1. The summed E-state index contributed by atoms with van der Waals surface area (Å²) in [5, 5.41) is 31.2. The average Bonchev–Trinajstić information content (AvgIpc) is 3.23. The van der Waals surface area contributed by atoms with Crippen molar-refractivity contribution in [2.45, 2.75) is 110 Å². The predicted molar refractivity (Wildman–Crippen MR) is 175 cm³/mol. The smallest absolute Gasteiger partial charge is 0.311 e. The van der Waals surface area contributed by atoms with Gasteiger partial charge in [0.2, 0.25) is 5.76 Å². The Balaban J connectivity index is 1.59. The molecular formula is C37H48O8. The van der Waals surface area contributed by atoms with Crippen molar-refractivity contribution < 1.29 is 39.1 Å². The molecule has 244 valence electrons. The first-order chi connectivity index (χ1) is 21.7. The van der Waals surface area contributed by atoms with Crippen molar-refractivity contribution in [3.63, 3.8) is 0 Å². The molecule has 1 aliphatic carbocycles. The zero-order valence-electron chi connectivity index (χ0n) is 26.8. The molecule has 8 nitrogen and oxygen atoms in total. The summed E-state index contributed by atoms with van der Waals surface area (Å²) in [5.41, 5.74) is 0.216. The second-order valence-electron chi connectivity index (χ2n) is 11.6. The number of aliphatic hydroxyl groups is 1. The number of unbranched alkanes of at least 4 members (excludes halogenated alkanes) is 8. The maximum absolute atomic E-state index is 13.1. The standard InChI is InChI=1S/C37H48O8/c1-4-5-6-7-8-9-10-11-12-13-14-15-16-17-18-19-34(41)45-37-35(42)30-24-28(23-29(25-32(30)39)43-26(2)3)44-36(37)27-20-21-31(38)33(40)22-27/h8-9,11-12,20-23,25-26,38,40,42H,4-7,10,13-19,24H2,1-3H3/b9-8-,12-11-. The number of rotatable bonds is 18. The van der Waals surface area contributed by atoms with Crippen molar-refractivity contribution in [2.75, 3.05) is 0 Å². The van der Waals surface area contributed by atoms with Gasteiger partial charge in [-0.3, -0.25) is 9.59 Å². The topological polar surface area (TPSA) is 123 Å². The van der Waals surface area contributed by atoms with Gasteiger partial charge in [-0.05, 0) is 70.6 Å². The van der Waals surface area contributed by atoms with Crippen LogP contribution < -0.4 is 0 Å². The van der Waals surface area contributed by atoms with E-state index < -0.39 is 23.3 Å². The number of esters is 1. The Morgan fingerprint density at radius 2 is 1.60 bits per heavy atom. The highest BCUT2D eigenvalue weighted by Crippen LogP contribution is 2.39. The monoisotopic (exact) mass is 620 g/mol. The van der Waals surface area contributed by atoms with Crippen molar-refractivity contribution in [1.29, 1.82) is 0 Å². The lowest BCUT2D eigenvalue weighted by Crippen LogP contribution is -2.12. The van der Waals surface area contributed by atoms with Gasteiger partial charge >= 0.3 is 5.97 Å². The molecule has 0 saturated heterocycles. The van der Waals surface area contributed by atoms with Crippen LogP contribution >= 0.6 is 0 Å². The second kappa shape index (κ2) is 18.6. The zero-order valence-corrected chi connectivity index (χ0v) is 26.8. The van der Waals surface area contributed by atoms with Gasteiger partial charge in [-0.25, -0.2) is 0 Å².